The number of aryl methyl sites for hydroxylation is 2. The van der Waals surface area contributed by atoms with Gasteiger partial charge in [0.2, 0.25) is 0 Å². The lowest BCUT2D eigenvalue weighted by atomic mass is 10.1. The van der Waals surface area contributed by atoms with Gasteiger partial charge >= 0.3 is 0 Å². The van der Waals surface area contributed by atoms with Crippen LogP contribution >= 0.6 is 0 Å². The first-order chi connectivity index (χ1) is 9.02. The Morgan fingerprint density at radius 1 is 1.47 bits per heavy atom. The average Bonchev–Trinajstić information content (AvgIpc) is 2.67. The van der Waals surface area contributed by atoms with Crippen molar-refractivity contribution in [3.05, 3.63) is 41.3 Å². The first-order valence-electron chi connectivity index (χ1n) is 5.60. The molecule has 1 aromatic heterocycles. The lowest BCUT2D eigenvalue weighted by Gasteiger charge is -2.10. The maximum Gasteiger partial charge on any atom is 0.259 e. The highest BCUT2D eigenvalue weighted by Crippen LogP contribution is 2.20. The number of aromatic nitrogens is 2. The highest BCUT2D eigenvalue weighted by molar-refractivity contribution is 6.07. The molecule has 1 heterocycles. The van der Waals surface area contributed by atoms with E-state index < -0.39 is 11.7 Å². The van der Waals surface area contributed by atoms with E-state index in [2.05, 4.69) is 15.8 Å². The monoisotopic (exact) mass is 263 g/mol. The van der Waals surface area contributed by atoms with Crippen LogP contribution in [0.2, 0.25) is 0 Å². The first kappa shape index (κ1) is 13.0. The second-order valence-corrected chi connectivity index (χ2v) is 4.06. The molecule has 0 bridgehead atoms. The molecule has 1 amide bonds. The number of hydrazine groups is 1. The minimum Gasteiger partial charge on any atom is -0.321 e. The van der Waals surface area contributed by atoms with Crippen molar-refractivity contribution in [2.45, 2.75) is 6.92 Å². The van der Waals surface area contributed by atoms with E-state index >= 15 is 0 Å². The lowest BCUT2D eigenvalue weighted by Crippen LogP contribution is -2.19. The minimum absolute atomic E-state index is 0.0427. The summed E-state index contributed by atoms with van der Waals surface area (Å²) in [5, 5.41) is 6.75. The summed E-state index contributed by atoms with van der Waals surface area (Å²) in [6, 6.07) is 5.86. The first-order valence-corrected chi connectivity index (χ1v) is 5.60. The van der Waals surface area contributed by atoms with E-state index in [0.29, 0.717) is 5.82 Å². The zero-order valence-electron chi connectivity index (χ0n) is 10.6. The SMILES string of the molecule is Cc1cc(NC(=O)c2cccc(F)c2NN)n(C)n1. The van der Waals surface area contributed by atoms with Gasteiger partial charge < -0.3 is 10.7 Å². The third kappa shape index (κ3) is 2.55. The van der Waals surface area contributed by atoms with Gasteiger partial charge in [0.25, 0.3) is 5.91 Å². The molecule has 0 aliphatic carbocycles. The molecule has 0 saturated carbocycles. The van der Waals surface area contributed by atoms with Crippen LogP contribution in [0.1, 0.15) is 16.1 Å². The van der Waals surface area contributed by atoms with Gasteiger partial charge in [-0.1, -0.05) is 6.07 Å². The molecule has 2 aromatic rings. The van der Waals surface area contributed by atoms with Gasteiger partial charge in [-0.2, -0.15) is 5.10 Å². The van der Waals surface area contributed by atoms with Gasteiger partial charge in [-0.15, -0.1) is 0 Å². The van der Waals surface area contributed by atoms with Crippen molar-refractivity contribution < 1.29 is 9.18 Å². The van der Waals surface area contributed by atoms with Crippen molar-refractivity contribution >= 4 is 17.4 Å². The predicted octanol–water partition coefficient (Wildman–Crippen LogP) is 1.41. The number of para-hydroxylation sites is 1. The minimum atomic E-state index is -0.587. The molecule has 6 nitrogen and oxygen atoms in total. The zero-order valence-corrected chi connectivity index (χ0v) is 10.6. The van der Waals surface area contributed by atoms with E-state index in [4.69, 9.17) is 5.84 Å². The molecule has 19 heavy (non-hydrogen) atoms. The van der Waals surface area contributed by atoms with Crippen LogP contribution < -0.4 is 16.6 Å². The Balaban J connectivity index is 2.30. The van der Waals surface area contributed by atoms with Crippen molar-refractivity contribution in [3.8, 4) is 0 Å². The van der Waals surface area contributed by atoms with Crippen LogP contribution in [-0.2, 0) is 7.05 Å². The van der Waals surface area contributed by atoms with E-state index in [0.717, 1.165) is 5.69 Å². The fourth-order valence-electron chi connectivity index (χ4n) is 1.77. The summed E-state index contributed by atoms with van der Waals surface area (Å²) in [6.45, 7) is 1.81. The zero-order chi connectivity index (χ0) is 14.0. The highest BCUT2D eigenvalue weighted by Gasteiger charge is 2.15. The highest BCUT2D eigenvalue weighted by atomic mass is 19.1. The van der Waals surface area contributed by atoms with Crippen molar-refractivity contribution in [3.63, 3.8) is 0 Å². The molecule has 1 aromatic carbocycles. The number of anilines is 2. The second-order valence-electron chi connectivity index (χ2n) is 4.06. The Labute approximate surface area is 109 Å². The van der Waals surface area contributed by atoms with Crippen LogP contribution in [0.3, 0.4) is 0 Å². The molecule has 0 aliphatic heterocycles. The average molecular weight is 263 g/mol. The number of hydrogen-bond acceptors (Lipinski definition) is 4. The van der Waals surface area contributed by atoms with Gasteiger partial charge in [0.15, 0.2) is 0 Å². The molecular formula is C12H14FN5O. The van der Waals surface area contributed by atoms with Gasteiger partial charge in [-0.3, -0.25) is 15.3 Å². The van der Waals surface area contributed by atoms with E-state index in [1.54, 1.807) is 13.1 Å². The van der Waals surface area contributed by atoms with Gasteiger partial charge in [0.1, 0.15) is 11.6 Å². The Hall–Kier alpha value is -2.41. The Morgan fingerprint density at radius 3 is 2.79 bits per heavy atom. The van der Waals surface area contributed by atoms with Gasteiger partial charge in [-0.25, -0.2) is 4.39 Å². The number of nitrogens with zero attached hydrogens (tertiary/aromatic N) is 2. The molecule has 0 saturated heterocycles. The van der Waals surface area contributed by atoms with Crippen LogP contribution in [0.25, 0.3) is 0 Å². The third-order valence-electron chi connectivity index (χ3n) is 2.65. The number of nitrogens with two attached hydrogens (primary N) is 1. The molecule has 100 valence electrons. The number of carbonyl (C=O) groups excluding carboxylic acids is 1. The molecule has 4 N–H and O–H groups in total. The van der Waals surface area contributed by atoms with E-state index in [-0.39, 0.29) is 11.3 Å². The predicted molar refractivity (Wildman–Crippen MR) is 70.1 cm³/mol. The van der Waals surface area contributed by atoms with E-state index in [1.165, 1.54) is 22.9 Å². The van der Waals surface area contributed by atoms with Crippen LogP contribution in [0, 0.1) is 12.7 Å². The number of nitrogens with one attached hydrogen (secondary N) is 2. The standard InChI is InChI=1S/C12H14FN5O/c1-7-6-10(18(2)17-7)15-12(19)8-4-3-5-9(13)11(8)16-14/h3-6,16H,14H2,1-2H3,(H,15,19). The normalized spacial score (nSPS) is 10.3. The molecule has 0 unspecified atom stereocenters. The van der Waals surface area contributed by atoms with Gasteiger partial charge in [0, 0.05) is 13.1 Å². The number of rotatable bonds is 3. The van der Waals surface area contributed by atoms with E-state index in [1.807, 2.05) is 6.92 Å². The number of hydrogen-bond donors (Lipinski definition) is 3. The Morgan fingerprint density at radius 2 is 2.21 bits per heavy atom. The summed E-state index contributed by atoms with van der Waals surface area (Å²) >= 11 is 0. The Bertz CT molecular complexity index is 623. The van der Waals surface area contributed by atoms with Crippen molar-refractivity contribution in [1.82, 2.24) is 9.78 Å². The van der Waals surface area contributed by atoms with Crippen molar-refractivity contribution in [2.75, 3.05) is 10.7 Å². The summed E-state index contributed by atoms with van der Waals surface area (Å²) < 4.78 is 15.0. The fraction of sp³-hybridized carbons (Fsp3) is 0.167. The van der Waals surface area contributed by atoms with Gasteiger partial charge in [-0.05, 0) is 19.1 Å². The molecule has 0 aliphatic rings. The van der Waals surface area contributed by atoms with Crippen LogP contribution in [0.15, 0.2) is 24.3 Å². The van der Waals surface area contributed by atoms with Crippen molar-refractivity contribution in [2.24, 2.45) is 12.9 Å². The largest absolute Gasteiger partial charge is 0.321 e. The maximum absolute atomic E-state index is 13.5. The number of carbonyl (C=O) groups is 1. The third-order valence-corrected chi connectivity index (χ3v) is 2.65. The topological polar surface area (TPSA) is 85.0 Å². The molecule has 7 heteroatoms. The second kappa shape index (κ2) is 5.07. The number of amides is 1. The van der Waals surface area contributed by atoms with Crippen LogP contribution in [0.4, 0.5) is 15.9 Å². The maximum atomic E-state index is 13.5. The van der Waals surface area contributed by atoms with Crippen LogP contribution in [-0.4, -0.2) is 15.7 Å². The summed E-state index contributed by atoms with van der Waals surface area (Å²) in [7, 11) is 1.70. The summed E-state index contributed by atoms with van der Waals surface area (Å²) in [4.78, 5) is 12.1. The number of nitrogen functional groups attached to an aromatic ring is 1. The summed E-state index contributed by atoms with van der Waals surface area (Å²) in [5.41, 5.74) is 3.05. The lowest BCUT2D eigenvalue weighted by molar-refractivity contribution is 0.102. The van der Waals surface area contributed by atoms with Crippen molar-refractivity contribution in [1.29, 1.82) is 0 Å². The molecule has 0 atom stereocenters. The number of halogens is 1. The smallest absolute Gasteiger partial charge is 0.259 e. The molecule has 2 rings (SSSR count). The summed E-state index contributed by atoms with van der Waals surface area (Å²) in [6.07, 6.45) is 0. The summed E-state index contributed by atoms with van der Waals surface area (Å²) in [5.74, 6) is 4.70. The van der Waals surface area contributed by atoms with Gasteiger partial charge in [0.05, 0.1) is 16.9 Å². The van der Waals surface area contributed by atoms with Crippen LogP contribution in [0.5, 0.6) is 0 Å². The quantitative estimate of drug-likeness (QED) is 0.577. The molecule has 0 fully saturated rings. The molecule has 0 spiro atoms. The Kier molecular flexibility index (Phi) is 3.48. The van der Waals surface area contributed by atoms with E-state index in [9.17, 15) is 9.18 Å². The number of benzene rings is 1. The molecule has 0 radical (unpaired) electrons. The fourth-order valence-corrected chi connectivity index (χ4v) is 1.77. The molecular weight excluding hydrogens is 249 g/mol.